The van der Waals surface area contributed by atoms with E-state index in [1.807, 2.05) is 6.08 Å². The molecule has 0 radical (unpaired) electrons. The Hall–Kier alpha value is -1.59. The van der Waals surface area contributed by atoms with E-state index in [4.69, 9.17) is 9.47 Å². The molecule has 1 aliphatic heterocycles. The van der Waals surface area contributed by atoms with Gasteiger partial charge in [0.1, 0.15) is 24.4 Å². The largest absolute Gasteiger partial charge is 0.394 e. The predicted octanol–water partition coefficient (Wildman–Crippen LogP) is 12.0. The van der Waals surface area contributed by atoms with Crippen molar-refractivity contribution in [2.24, 2.45) is 0 Å². The summed E-state index contributed by atoms with van der Waals surface area (Å²) < 4.78 is 11.2. The van der Waals surface area contributed by atoms with Crippen LogP contribution in [0.1, 0.15) is 239 Å². The van der Waals surface area contributed by atoms with Crippen LogP contribution in [-0.2, 0) is 14.3 Å². The van der Waals surface area contributed by atoms with Crippen LogP contribution in [0.2, 0.25) is 0 Å². The molecule has 364 valence electrons. The first-order valence-electron chi connectivity index (χ1n) is 26.2. The molecule has 0 saturated carbocycles. The third-order valence-electron chi connectivity index (χ3n) is 12.4. The van der Waals surface area contributed by atoms with E-state index in [1.54, 1.807) is 6.08 Å². The topological polar surface area (TPSA) is 149 Å². The first-order valence-corrected chi connectivity index (χ1v) is 26.2. The first-order chi connectivity index (χ1) is 30.3. The number of unbranched alkanes of at least 4 members (excludes halogenated alkanes) is 30. The molecule has 1 amide bonds. The molecule has 1 saturated heterocycles. The molecule has 9 heteroatoms. The van der Waals surface area contributed by atoms with Gasteiger partial charge in [0.25, 0.3) is 0 Å². The number of nitrogens with one attached hydrogen (secondary N) is 1. The maximum Gasteiger partial charge on any atom is 0.220 e. The second-order valence-corrected chi connectivity index (χ2v) is 18.3. The molecule has 0 bridgehead atoms. The Labute approximate surface area is 381 Å². The molecule has 0 aliphatic carbocycles. The van der Waals surface area contributed by atoms with Crippen LogP contribution in [0.25, 0.3) is 0 Å². The molecule has 0 spiro atoms. The van der Waals surface area contributed by atoms with E-state index in [2.05, 4.69) is 43.5 Å². The van der Waals surface area contributed by atoms with E-state index in [9.17, 15) is 30.3 Å². The molecule has 7 unspecified atom stereocenters. The summed E-state index contributed by atoms with van der Waals surface area (Å²) in [5.74, 6) is -0.196. The first kappa shape index (κ1) is 58.4. The van der Waals surface area contributed by atoms with E-state index in [0.717, 1.165) is 57.8 Å². The lowest BCUT2D eigenvalue weighted by atomic mass is 9.99. The maximum atomic E-state index is 13.0. The zero-order valence-corrected chi connectivity index (χ0v) is 40.1. The molecule has 6 N–H and O–H groups in total. The maximum absolute atomic E-state index is 13.0. The SMILES string of the molecule is CCCCCC/C=C\CCCCCCCC(=O)NC(COC1OC(CO)C(O)C(O)C1O)C(O)/C=C/CC/C=C/CCCCCCCCCCCCCCCCCCCCCC. The number of amides is 1. The normalized spacial score (nSPS) is 20.5. The highest BCUT2D eigenvalue weighted by Gasteiger charge is 2.44. The summed E-state index contributed by atoms with van der Waals surface area (Å²) in [5.41, 5.74) is 0. The van der Waals surface area contributed by atoms with Gasteiger partial charge in [0.15, 0.2) is 6.29 Å². The molecule has 0 aromatic rings. The Kier molecular flexibility index (Phi) is 40.8. The zero-order valence-electron chi connectivity index (χ0n) is 40.1. The van der Waals surface area contributed by atoms with Crippen molar-refractivity contribution in [3.8, 4) is 0 Å². The lowest BCUT2D eigenvalue weighted by Crippen LogP contribution is -2.60. The fourth-order valence-corrected chi connectivity index (χ4v) is 8.23. The van der Waals surface area contributed by atoms with E-state index in [-0.39, 0.29) is 12.5 Å². The van der Waals surface area contributed by atoms with Crippen molar-refractivity contribution < 1.29 is 39.8 Å². The van der Waals surface area contributed by atoms with Gasteiger partial charge in [-0.25, -0.2) is 0 Å². The van der Waals surface area contributed by atoms with Crippen LogP contribution in [0.5, 0.6) is 0 Å². The summed E-state index contributed by atoms with van der Waals surface area (Å²) in [6, 6.07) is -0.824. The summed E-state index contributed by atoms with van der Waals surface area (Å²) in [5, 5.41) is 54.3. The van der Waals surface area contributed by atoms with Gasteiger partial charge in [-0.05, 0) is 57.8 Å². The molecule has 0 aromatic heterocycles. The minimum absolute atomic E-state index is 0.196. The molecule has 7 atom stereocenters. The van der Waals surface area contributed by atoms with Crippen molar-refractivity contribution in [3.05, 3.63) is 36.5 Å². The summed E-state index contributed by atoms with van der Waals surface area (Å²) in [6.45, 7) is 3.75. The molecular weight excluding hydrogens is 779 g/mol. The number of hydrogen-bond donors (Lipinski definition) is 6. The van der Waals surface area contributed by atoms with Gasteiger partial charge in [0, 0.05) is 6.42 Å². The number of carbonyl (C=O) groups is 1. The van der Waals surface area contributed by atoms with Crippen LogP contribution in [0.4, 0.5) is 0 Å². The van der Waals surface area contributed by atoms with Crippen LogP contribution in [0.15, 0.2) is 36.5 Å². The molecule has 1 fully saturated rings. The van der Waals surface area contributed by atoms with Gasteiger partial charge >= 0.3 is 0 Å². The molecular formula is C53H99NO8. The number of hydrogen-bond acceptors (Lipinski definition) is 8. The molecule has 1 heterocycles. The summed E-state index contributed by atoms with van der Waals surface area (Å²) in [7, 11) is 0. The highest BCUT2D eigenvalue weighted by Crippen LogP contribution is 2.23. The Morgan fingerprint density at radius 1 is 0.532 bits per heavy atom. The van der Waals surface area contributed by atoms with Crippen molar-refractivity contribution in [2.75, 3.05) is 13.2 Å². The summed E-state index contributed by atoms with van der Waals surface area (Å²) in [4.78, 5) is 13.0. The monoisotopic (exact) mass is 878 g/mol. The number of allylic oxidation sites excluding steroid dienone is 5. The second-order valence-electron chi connectivity index (χ2n) is 18.3. The van der Waals surface area contributed by atoms with Crippen LogP contribution in [-0.4, -0.2) is 87.5 Å². The van der Waals surface area contributed by atoms with Crippen molar-refractivity contribution >= 4 is 5.91 Å². The number of aliphatic hydroxyl groups is 5. The minimum Gasteiger partial charge on any atom is -0.394 e. The number of ether oxygens (including phenoxy) is 2. The number of carbonyl (C=O) groups excluding carboxylic acids is 1. The quantitative estimate of drug-likeness (QED) is 0.0262. The molecule has 1 aliphatic rings. The van der Waals surface area contributed by atoms with Gasteiger partial charge in [-0.3, -0.25) is 4.79 Å². The van der Waals surface area contributed by atoms with Gasteiger partial charge in [0.2, 0.25) is 5.91 Å². The lowest BCUT2D eigenvalue weighted by Gasteiger charge is -2.40. The molecule has 1 rings (SSSR count). The molecule has 9 nitrogen and oxygen atoms in total. The van der Waals surface area contributed by atoms with Crippen molar-refractivity contribution in [1.29, 1.82) is 0 Å². The van der Waals surface area contributed by atoms with Crippen molar-refractivity contribution in [2.45, 2.75) is 281 Å². The van der Waals surface area contributed by atoms with Gasteiger partial charge in [-0.15, -0.1) is 0 Å². The summed E-state index contributed by atoms with van der Waals surface area (Å²) in [6.07, 6.45) is 47.8. The van der Waals surface area contributed by atoms with E-state index in [0.29, 0.717) is 6.42 Å². The zero-order chi connectivity index (χ0) is 45.1. The highest BCUT2D eigenvalue weighted by molar-refractivity contribution is 5.76. The van der Waals surface area contributed by atoms with Gasteiger partial charge in [-0.2, -0.15) is 0 Å². The van der Waals surface area contributed by atoms with Crippen LogP contribution in [0.3, 0.4) is 0 Å². The second kappa shape index (κ2) is 43.3. The van der Waals surface area contributed by atoms with Crippen LogP contribution in [0, 0.1) is 0 Å². The van der Waals surface area contributed by atoms with E-state index >= 15 is 0 Å². The Balaban J connectivity index is 2.26. The third kappa shape index (κ3) is 33.0. The van der Waals surface area contributed by atoms with Crippen molar-refractivity contribution in [3.63, 3.8) is 0 Å². The third-order valence-corrected chi connectivity index (χ3v) is 12.4. The van der Waals surface area contributed by atoms with Crippen LogP contribution < -0.4 is 5.32 Å². The Morgan fingerprint density at radius 3 is 1.37 bits per heavy atom. The van der Waals surface area contributed by atoms with E-state index < -0.39 is 49.5 Å². The predicted molar refractivity (Wildman–Crippen MR) is 258 cm³/mol. The van der Waals surface area contributed by atoms with Gasteiger partial charge < -0.3 is 40.3 Å². The fourth-order valence-electron chi connectivity index (χ4n) is 8.23. The average Bonchev–Trinajstić information content (AvgIpc) is 3.27. The fraction of sp³-hybridized carbons (Fsp3) is 0.868. The number of rotatable bonds is 44. The van der Waals surface area contributed by atoms with E-state index in [1.165, 1.54) is 161 Å². The standard InChI is InChI=1S/C53H99NO8/c1-3-5-7-9-11-13-15-17-18-19-20-21-22-23-24-25-26-27-28-29-31-32-34-36-38-40-42-47(56)46(45-61-53-52(60)51(59)50(58)48(44-55)62-53)54-49(57)43-41-39-37-35-33-30-16-14-12-10-8-6-4-2/h14,16,32,34,40,42,46-48,50-53,55-56,58-60H,3-13,15,17-31,33,35-39,41,43-45H2,1-2H3,(H,54,57)/b16-14-,34-32+,42-40+. The van der Waals surface area contributed by atoms with Crippen LogP contribution >= 0.6 is 0 Å². The minimum atomic E-state index is -1.57. The Bertz CT molecular complexity index is 1070. The Morgan fingerprint density at radius 2 is 0.919 bits per heavy atom. The lowest BCUT2D eigenvalue weighted by molar-refractivity contribution is -0.302. The summed E-state index contributed by atoms with van der Waals surface area (Å²) >= 11 is 0. The average molecular weight is 878 g/mol. The van der Waals surface area contributed by atoms with Gasteiger partial charge in [-0.1, -0.05) is 211 Å². The van der Waals surface area contributed by atoms with Crippen molar-refractivity contribution in [1.82, 2.24) is 5.32 Å². The smallest absolute Gasteiger partial charge is 0.220 e. The molecule has 0 aromatic carbocycles. The van der Waals surface area contributed by atoms with Gasteiger partial charge in [0.05, 0.1) is 25.4 Å². The molecule has 62 heavy (non-hydrogen) atoms. The number of aliphatic hydroxyl groups excluding tert-OH is 5. The highest BCUT2D eigenvalue weighted by atomic mass is 16.7.